The van der Waals surface area contributed by atoms with E-state index in [9.17, 15) is 0 Å². The first-order valence-electron chi connectivity index (χ1n) is 7.03. The van der Waals surface area contributed by atoms with Crippen molar-refractivity contribution in [2.24, 2.45) is 0 Å². The zero-order valence-corrected chi connectivity index (χ0v) is 13.0. The van der Waals surface area contributed by atoms with Crippen LogP contribution in [0.25, 0.3) is 0 Å². The topological polar surface area (TPSA) is 0 Å². The van der Waals surface area contributed by atoms with Gasteiger partial charge in [-0.1, -0.05) is 24.3 Å². The molecule has 2 aromatic carbocycles. The van der Waals surface area contributed by atoms with Crippen molar-refractivity contribution in [1.82, 2.24) is 0 Å². The Balaban J connectivity index is 2.43. The van der Waals surface area contributed by atoms with Crippen molar-refractivity contribution in [3.8, 4) is 0 Å². The van der Waals surface area contributed by atoms with Gasteiger partial charge in [-0.25, -0.2) is 0 Å². The van der Waals surface area contributed by atoms with E-state index >= 15 is 0 Å². The first kappa shape index (κ1) is 13.9. The second-order valence-electron chi connectivity index (χ2n) is 5.76. The summed E-state index contributed by atoms with van der Waals surface area (Å²) in [5, 5.41) is 0. The van der Waals surface area contributed by atoms with Gasteiger partial charge in [-0.05, 0) is 92.5 Å². The van der Waals surface area contributed by atoms with Crippen LogP contribution in [0.3, 0.4) is 0 Å². The molecule has 0 heteroatoms. The fourth-order valence-corrected chi connectivity index (χ4v) is 2.61. The van der Waals surface area contributed by atoms with Crippen LogP contribution in [0.5, 0.6) is 0 Å². The molecule has 0 fully saturated rings. The van der Waals surface area contributed by atoms with E-state index in [1.54, 1.807) is 0 Å². The molecule has 0 aromatic heterocycles. The van der Waals surface area contributed by atoms with Gasteiger partial charge in [0.25, 0.3) is 0 Å². The minimum absolute atomic E-state index is 1.04. The highest BCUT2D eigenvalue weighted by Crippen LogP contribution is 2.24. The Morgan fingerprint density at radius 2 is 0.895 bits per heavy atom. The summed E-state index contributed by atoms with van der Waals surface area (Å²) in [5.74, 6) is 0. The average molecular weight is 252 g/mol. The Bertz CT molecular complexity index is 563. The Hall–Kier alpha value is -1.56. The molecule has 100 valence electrons. The molecule has 0 N–H and O–H groups in total. The van der Waals surface area contributed by atoms with E-state index < -0.39 is 0 Å². The summed E-state index contributed by atoms with van der Waals surface area (Å²) < 4.78 is 0. The standard InChI is InChI=1S/C19H24/c1-12-7-9-18(16(5)14(12)3)11-19-10-8-13(2)15(4)17(19)6/h7-10H,11H2,1-6H3. The number of rotatable bonds is 2. The Kier molecular flexibility index (Phi) is 3.80. The lowest BCUT2D eigenvalue weighted by atomic mass is 9.90. The maximum atomic E-state index is 2.28. The maximum Gasteiger partial charge on any atom is -0.00203 e. The van der Waals surface area contributed by atoms with Crippen molar-refractivity contribution in [3.63, 3.8) is 0 Å². The maximum absolute atomic E-state index is 2.28. The molecule has 0 spiro atoms. The molecule has 0 unspecified atom stereocenters. The second kappa shape index (κ2) is 5.21. The molecule has 0 nitrogen and oxygen atoms in total. The molecule has 0 radical (unpaired) electrons. The normalized spacial score (nSPS) is 10.8. The van der Waals surface area contributed by atoms with Gasteiger partial charge in [-0.2, -0.15) is 0 Å². The molecule has 0 aliphatic heterocycles. The summed E-state index contributed by atoms with van der Waals surface area (Å²) in [4.78, 5) is 0. The highest BCUT2D eigenvalue weighted by atomic mass is 14.1. The van der Waals surface area contributed by atoms with Gasteiger partial charge < -0.3 is 0 Å². The van der Waals surface area contributed by atoms with Gasteiger partial charge in [-0.15, -0.1) is 0 Å². The molecule has 2 aromatic rings. The van der Waals surface area contributed by atoms with Crippen LogP contribution in [-0.4, -0.2) is 0 Å². The van der Waals surface area contributed by atoms with E-state index in [1.165, 1.54) is 44.5 Å². The largest absolute Gasteiger partial charge is 0.0588 e. The lowest BCUT2D eigenvalue weighted by Crippen LogP contribution is -2.00. The molecule has 0 atom stereocenters. The third kappa shape index (κ3) is 2.58. The van der Waals surface area contributed by atoms with Crippen LogP contribution in [0.2, 0.25) is 0 Å². The van der Waals surface area contributed by atoms with E-state index in [0.717, 1.165) is 6.42 Å². The first-order valence-corrected chi connectivity index (χ1v) is 7.03. The van der Waals surface area contributed by atoms with E-state index in [1.807, 2.05) is 0 Å². The predicted octanol–water partition coefficient (Wildman–Crippen LogP) is 5.13. The average Bonchev–Trinajstić information content (AvgIpc) is 2.39. The quantitative estimate of drug-likeness (QED) is 0.695. The second-order valence-corrected chi connectivity index (χ2v) is 5.76. The molecule has 0 saturated carbocycles. The van der Waals surface area contributed by atoms with Crippen molar-refractivity contribution < 1.29 is 0 Å². The summed E-state index contributed by atoms with van der Waals surface area (Å²) in [7, 11) is 0. The lowest BCUT2D eigenvalue weighted by molar-refractivity contribution is 1.08. The van der Waals surface area contributed by atoms with E-state index in [-0.39, 0.29) is 0 Å². The molecular weight excluding hydrogens is 228 g/mol. The fraction of sp³-hybridized carbons (Fsp3) is 0.368. The van der Waals surface area contributed by atoms with Crippen molar-refractivity contribution >= 4 is 0 Å². The molecule has 19 heavy (non-hydrogen) atoms. The van der Waals surface area contributed by atoms with Gasteiger partial charge in [0.1, 0.15) is 0 Å². The summed E-state index contributed by atoms with van der Waals surface area (Å²) >= 11 is 0. The van der Waals surface area contributed by atoms with Crippen LogP contribution in [0, 0.1) is 41.5 Å². The lowest BCUT2D eigenvalue weighted by Gasteiger charge is -2.15. The highest BCUT2D eigenvalue weighted by molar-refractivity contribution is 5.45. The molecule has 0 saturated heterocycles. The minimum atomic E-state index is 1.04. The third-order valence-corrected chi connectivity index (χ3v) is 4.72. The molecule has 0 amide bonds. The van der Waals surface area contributed by atoms with Crippen molar-refractivity contribution in [3.05, 3.63) is 68.8 Å². The van der Waals surface area contributed by atoms with Crippen molar-refractivity contribution in [2.75, 3.05) is 0 Å². The monoisotopic (exact) mass is 252 g/mol. The van der Waals surface area contributed by atoms with Crippen molar-refractivity contribution in [2.45, 2.75) is 48.0 Å². The molecular formula is C19H24. The summed E-state index contributed by atoms with van der Waals surface area (Å²) in [5.41, 5.74) is 11.4. The smallest absolute Gasteiger partial charge is 0.00203 e. The van der Waals surface area contributed by atoms with Gasteiger partial charge in [-0.3, -0.25) is 0 Å². The minimum Gasteiger partial charge on any atom is -0.0588 e. The number of hydrogen-bond donors (Lipinski definition) is 0. The van der Waals surface area contributed by atoms with Crippen LogP contribution in [-0.2, 0) is 6.42 Å². The number of hydrogen-bond acceptors (Lipinski definition) is 0. The van der Waals surface area contributed by atoms with Crippen LogP contribution in [0.4, 0.5) is 0 Å². The molecule has 0 bridgehead atoms. The Morgan fingerprint density at radius 1 is 0.526 bits per heavy atom. The van der Waals surface area contributed by atoms with Crippen LogP contribution in [0.15, 0.2) is 24.3 Å². The molecule has 0 aliphatic rings. The highest BCUT2D eigenvalue weighted by Gasteiger charge is 2.08. The molecule has 2 rings (SSSR count). The molecule has 0 aliphatic carbocycles. The van der Waals surface area contributed by atoms with Gasteiger partial charge >= 0.3 is 0 Å². The first-order chi connectivity index (χ1) is 8.91. The van der Waals surface area contributed by atoms with E-state index in [2.05, 4.69) is 65.8 Å². The number of benzene rings is 2. The fourth-order valence-electron chi connectivity index (χ4n) is 2.61. The van der Waals surface area contributed by atoms with Crippen molar-refractivity contribution in [1.29, 1.82) is 0 Å². The molecule has 0 heterocycles. The Morgan fingerprint density at radius 3 is 1.26 bits per heavy atom. The number of aryl methyl sites for hydroxylation is 2. The van der Waals surface area contributed by atoms with E-state index in [0.29, 0.717) is 0 Å². The summed E-state index contributed by atoms with van der Waals surface area (Å²) in [6.45, 7) is 13.3. The van der Waals surface area contributed by atoms with Crippen LogP contribution < -0.4 is 0 Å². The third-order valence-electron chi connectivity index (χ3n) is 4.72. The van der Waals surface area contributed by atoms with E-state index in [4.69, 9.17) is 0 Å². The van der Waals surface area contributed by atoms with Crippen LogP contribution in [0.1, 0.15) is 44.5 Å². The summed E-state index contributed by atoms with van der Waals surface area (Å²) in [6, 6.07) is 9.06. The van der Waals surface area contributed by atoms with Crippen LogP contribution >= 0.6 is 0 Å². The predicted molar refractivity (Wildman–Crippen MR) is 84.1 cm³/mol. The SMILES string of the molecule is Cc1ccc(Cc2ccc(C)c(C)c2C)c(C)c1C. The van der Waals surface area contributed by atoms with Gasteiger partial charge in [0.2, 0.25) is 0 Å². The Labute approximate surface area is 117 Å². The van der Waals surface area contributed by atoms with Gasteiger partial charge in [0, 0.05) is 0 Å². The zero-order chi connectivity index (χ0) is 14.2. The van der Waals surface area contributed by atoms with Gasteiger partial charge in [0.15, 0.2) is 0 Å². The zero-order valence-electron chi connectivity index (χ0n) is 13.0. The summed E-state index contributed by atoms with van der Waals surface area (Å²) in [6.07, 6.45) is 1.04. The van der Waals surface area contributed by atoms with Gasteiger partial charge in [0.05, 0.1) is 0 Å².